The number of nitrogens with zero attached hydrogens (tertiary/aromatic N) is 6. The van der Waals surface area contributed by atoms with Crippen LogP contribution in [0.15, 0.2) is 60.8 Å². The first kappa shape index (κ1) is 25.6. The predicted molar refractivity (Wildman–Crippen MR) is 142 cm³/mol. The number of carbonyl (C=O) groups excluding carboxylic acids is 1. The van der Waals surface area contributed by atoms with Gasteiger partial charge in [-0.25, -0.2) is 13.9 Å². The minimum atomic E-state index is -0.346. The number of para-hydroxylation sites is 1. The zero-order chi connectivity index (χ0) is 26.6. The molecule has 1 saturated heterocycles. The summed E-state index contributed by atoms with van der Waals surface area (Å²) >= 11 is 0. The minimum Gasteiger partial charge on any atom is -0.383 e. The van der Waals surface area contributed by atoms with Crippen molar-refractivity contribution in [3.05, 3.63) is 77.7 Å². The van der Waals surface area contributed by atoms with Gasteiger partial charge in [-0.15, -0.1) is 0 Å². The third kappa shape index (κ3) is 5.43. The Hall–Kier alpha value is -4.09. The summed E-state index contributed by atoms with van der Waals surface area (Å²) in [5.41, 5.74) is 3.80. The number of urea groups is 1. The van der Waals surface area contributed by atoms with Crippen molar-refractivity contribution in [2.75, 3.05) is 38.7 Å². The molecule has 10 nitrogen and oxygen atoms in total. The quantitative estimate of drug-likeness (QED) is 0.371. The van der Waals surface area contributed by atoms with Crippen molar-refractivity contribution in [3.63, 3.8) is 0 Å². The van der Waals surface area contributed by atoms with Crippen LogP contribution in [0.1, 0.15) is 17.0 Å². The number of hydrogen-bond acceptors (Lipinski definition) is 6. The highest BCUT2D eigenvalue weighted by Crippen LogP contribution is 2.30. The Morgan fingerprint density at radius 2 is 1.87 bits per heavy atom. The van der Waals surface area contributed by atoms with Crippen LogP contribution in [0.4, 0.5) is 15.0 Å². The molecular weight excluding hydrogens is 487 g/mol. The Morgan fingerprint density at radius 1 is 1.11 bits per heavy atom. The summed E-state index contributed by atoms with van der Waals surface area (Å²) in [4.78, 5) is 17.1. The molecule has 2 aromatic carbocycles. The number of ether oxygens (including phenoxy) is 1. The Labute approximate surface area is 220 Å². The van der Waals surface area contributed by atoms with Gasteiger partial charge in [-0.2, -0.15) is 20.1 Å². The molecule has 4 aromatic rings. The second-order valence-electron chi connectivity index (χ2n) is 9.40. The SMILES string of the molecule is COCCN1CC(NC(=O)Nc2c(C)c(-c3cnn(C)n3)nn2-c2ccccc2)C(c2ccc(F)cc2)C1. The van der Waals surface area contributed by atoms with Gasteiger partial charge < -0.3 is 10.1 Å². The zero-order valence-electron chi connectivity index (χ0n) is 21.6. The number of nitrogens with one attached hydrogen (secondary N) is 2. The van der Waals surface area contributed by atoms with Gasteiger partial charge in [0.2, 0.25) is 0 Å². The molecule has 2 N–H and O–H groups in total. The van der Waals surface area contributed by atoms with Gasteiger partial charge in [0.05, 0.1) is 24.5 Å². The maximum Gasteiger partial charge on any atom is 0.320 e. The van der Waals surface area contributed by atoms with Crippen LogP contribution in [0.3, 0.4) is 0 Å². The van der Waals surface area contributed by atoms with Crippen molar-refractivity contribution in [1.29, 1.82) is 0 Å². The van der Waals surface area contributed by atoms with E-state index in [0.717, 1.165) is 29.9 Å². The molecule has 0 aliphatic carbocycles. The maximum absolute atomic E-state index is 13.6. The average Bonchev–Trinajstić information content (AvgIpc) is 3.61. The lowest BCUT2D eigenvalue weighted by molar-refractivity contribution is 0.159. The summed E-state index contributed by atoms with van der Waals surface area (Å²) in [5, 5.41) is 19.5. The molecule has 0 bridgehead atoms. The van der Waals surface area contributed by atoms with Gasteiger partial charge in [0.1, 0.15) is 23.0 Å². The maximum atomic E-state index is 13.6. The zero-order valence-corrected chi connectivity index (χ0v) is 21.6. The number of aryl methyl sites for hydroxylation is 1. The summed E-state index contributed by atoms with van der Waals surface area (Å²) in [6, 6.07) is 15.6. The lowest BCUT2D eigenvalue weighted by Gasteiger charge is -2.21. The van der Waals surface area contributed by atoms with Crippen LogP contribution in [0, 0.1) is 12.7 Å². The normalized spacial score (nSPS) is 17.6. The van der Waals surface area contributed by atoms with E-state index in [-0.39, 0.29) is 23.8 Å². The fourth-order valence-corrected chi connectivity index (χ4v) is 4.89. The summed E-state index contributed by atoms with van der Waals surface area (Å²) in [7, 11) is 3.42. The van der Waals surface area contributed by atoms with Gasteiger partial charge in [-0.1, -0.05) is 30.3 Å². The molecule has 0 radical (unpaired) electrons. The summed E-state index contributed by atoms with van der Waals surface area (Å²) in [5.74, 6) is 0.268. The highest BCUT2D eigenvalue weighted by molar-refractivity contribution is 5.91. The largest absolute Gasteiger partial charge is 0.383 e. The van der Waals surface area contributed by atoms with E-state index in [0.29, 0.717) is 30.4 Å². The third-order valence-electron chi connectivity index (χ3n) is 6.82. The first-order chi connectivity index (χ1) is 18.4. The minimum absolute atomic E-state index is 0.00786. The highest BCUT2D eigenvalue weighted by atomic mass is 19.1. The lowest BCUT2D eigenvalue weighted by Crippen LogP contribution is -2.42. The van der Waals surface area contributed by atoms with Crippen molar-refractivity contribution in [1.82, 2.24) is 35.0 Å². The molecule has 5 rings (SSSR count). The van der Waals surface area contributed by atoms with Gasteiger partial charge >= 0.3 is 6.03 Å². The molecule has 2 unspecified atom stereocenters. The molecule has 3 heterocycles. The number of benzene rings is 2. The van der Waals surface area contributed by atoms with Gasteiger partial charge in [-0.3, -0.25) is 10.2 Å². The second-order valence-corrected chi connectivity index (χ2v) is 9.40. The van der Waals surface area contributed by atoms with Gasteiger partial charge in [0.25, 0.3) is 0 Å². The van der Waals surface area contributed by atoms with Gasteiger partial charge in [0, 0.05) is 45.3 Å². The fraction of sp³-hybridized carbons (Fsp3) is 0.333. The number of likely N-dealkylation sites (tertiary alicyclic amines) is 1. The van der Waals surface area contributed by atoms with Crippen LogP contribution in [0.5, 0.6) is 0 Å². The van der Waals surface area contributed by atoms with E-state index in [1.165, 1.54) is 16.9 Å². The third-order valence-corrected chi connectivity index (χ3v) is 6.82. The van der Waals surface area contributed by atoms with Crippen LogP contribution in [-0.2, 0) is 11.8 Å². The molecule has 1 aliphatic rings. The van der Waals surface area contributed by atoms with Gasteiger partial charge in [0.15, 0.2) is 0 Å². The standard InChI is InChI=1S/C27H31FN8O2/c1-18-25(23-15-29-34(2)32-23)33-36(21-7-5-4-6-8-21)26(18)31-27(37)30-24-17-35(13-14-38-3)16-22(24)19-9-11-20(28)12-10-19/h4-12,15,22,24H,13-14,16-17H2,1-3H3,(H2,30,31,37). The number of hydrogen-bond donors (Lipinski definition) is 2. The Bertz CT molecular complexity index is 1390. The van der Waals surface area contributed by atoms with Crippen LogP contribution in [-0.4, -0.2) is 75.1 Å². The number of anilines is 1. The Morgan fingerprint density at radius 3 is 2.55 bits per heavy atom. The van der Waals surface area contributed by atoms with E-state index in [2.05, 4.69) is 25.7 Å². The molecule has 2 aromatic heterocycles. The smallest absolute Gasteiger partial charge is 0.320 e. The van der Waals surface area contributed by atoms with Crippen LogP contribution in [0.25, 0.3) is 17.1 Å². The van der Waals surface area contributed by atoms with Crippen molar-refractivity contribution >= 4 is 11.8 Å². The molecule has 38 heavy (non-hydrogen) atoms. The number of amides is 2. The summed E-state index contributed by atoms with van der Waals surface area (Å²) in [6.07, 6.45) is 1.65. The molecule has 0 spiro atoms. The second kappa shape index (κ2) is 11.1. The van der Waals surface area contributed by atoms with E-state index < -0.39 is 0 Å². The van der Waals surface area contributed by atoms with Crippen molar-refractivity contribution in [2.24, 2.45) is 7.05 Å². The molecule has 11 heteroatoms. The monoisotopic (exact) mass is 518 g/mol. The van der Waals surface area contributed by atoms with E-state index >= 15 is 0 Å². The van der Waals surface area contributed by atoms with Crippen molar-refractivity contribution in [3.8, 4) is 17.1 Å². The van der Waals surface area contributed by atoms with E-state index in [1.807, 2.05) is 37.3 Å². The number of aromatic nitrogens is 5. The van der Waals surface area contributed by atoms with E-state index in [9.17, 15) is 9.18 Å². The molecular formula is C27H31FN8O2. The van der Waals surface area contributed by atoms with Crippen molar-refractivity contribution in [2.45, 2.75) is 18.9 Å². The van der Waals surface area contributed by atoms with Crippen LogP contribution in [0.2, 0.25) is 0 Å². The number of carbonyl (C=O) groups is 1. The summed E-state index contributed by atoms with van der Waals surface area (Å²) < 4.78 is 20.5. The van der Waals surface area contributed by atoms with E-state index in [1.54, 1.807) is 37.2 Å². The summed E-state index contributed by atoms with van der Waals surface area (Å²) in [6.45, 7) is 4.62. The van der Waals surface area contributed by atoms with Gasteiger partial charge in [-0.05, 0) is 36.8 Å². The predicted octanol–water partition coefficient (Wildman–Crippen LogP) is 3.35. The highest BCUT2D eigenvalue weighted by Gasteiger charge is 2.35. The molecule has 0 saturated carbocycles. The Balaban J connectivity index is 1.41. The topological polar surface area (TPSA) is 102 Å². The average molecular weight is 519 g/mol. The number of halogens is 1. The lowest BCUT2D eigenvalue weighted by atomic mass is 9.94. The Kier molecular flexibility index (Phi) is 7.47. The molecule has 1 fully saturated rings. The van der Waals surface area contributed by atoms with E-state index in [4.69, 9.17) is 9.84 Å². The van der Waals surface area contributed by atoms with Crippen molar-refractivity contribution < 1.29 is 13.9 Å². The molecule has 2 amide bonds. The molecule has 1 aliphatic heterocycles. The first-order valence-electron chi connectivity index (χ1n) is 12.5. The number of rotatable bonds is 8. The van der Waals surface area contributed by atoms with Crippen LogP contribution < -0.4 is 10.6 Å². The molecule has 198 valence electrons. The number of methoxy groups -OCH3 is 1. The first-order valence-corrected chi connectivity index (χ1v) is 12.5. The fourth-order valence-electron chi connectivity index (χ4n) is 4.89. The van der Waals surface area contributed by atoms with Crippen LogP contribution >= 0.6 is 0 Å². The molecule has 2 atom stereocenters.